The summed E-state index contributed by atoms with van der Waals surface area (Å²) in [6.45, 7) is 0.971. The van der Waals surface area contributed by atoms with Gasteiger partial charge in [-0.2, -0.15) is 17.5 Å². The number of rotatable bonds is 7. The molecule has 32 heavy (non-hydrogen) atoms. The lowest BCUT2D eigenvalue weighted by Crippen LogP contribution is -2.35. The molecule has 1 aliphatic heterocycles. The van der Waals surface area contributed by atoms with E-state index in [0.29, 0.717) is 24.4 Å². The van der Waals surface area contributed by atoms with E-state index in [2.05, 4.69) is 5.32 Å². The number of carbonyl (C=O) groups excluding carboxylic acids is 1. The van der Waals surface area contributed by atoms with Crippen LogP contribution in [0.25, 0.3) is 0 Å². The molecule has 2 aromatic rings. The van der Waals surface area contributed by atoms with Crippen molar-refractivity contribution in [2.45, 2.75) is 43.2 Å². The first kappa shape index (κ1) is 24.1. The van der Waals surface area contributed by atoms with E-state index < -0.39 is 27.7 Å². The molecule has 0 saturated carbocycles. The van der Waals surface area contributed by atoms with Gasteiger partial charge in [0.1, 0.15) is 5.75 Å². The van der Waals surface area contributed by atoms with E-state index >= 15 is 0 Å². The molecule has 0 atom stereocenters. The van der Waals surface area contributed by atoms with Crippen molar-refractivity contribution < 1.29 is 31.1 Å². The number of hydrogen-bond acceptors (Lipinski definition) is 4. The number of halogens is 3. The van der Waals surface area contributed by atoms with Gasteiger partial charge in [0.15, 0.2) is 0 Å². The molecule has 1 amide bonds. The Hall–Kier alpha value is -2.59. The lowest BCUT2D eigenvalue weighted by atomic mass is 10.1. The number of alkyl halides is 3. The van der Waals surface area contributed by atoms with Crippen LogP contribution in [-0.4, -0.2) is 38.8 Å². The van der Waals surface area contributed by atoms with Crippen LogP contribution in [0.1, 0.15) is 36.8 Å². The highest BCUT2D eigenvalue weighted by molar-refractivity contribution is 7.89. The molecular formula is C22H25F3N2O4S. The molecule has 1 heterocycles. The van der Waals surface area contributed by atoms with Crippen LogP contribution >= 0.6 is 0 Å². The van der Waals surface area contributed by atoms with Gasteiger partial charge in [0.05, 0.1) is 17.6 Å². The van der Waals surface area contributed by atoms with E-state index in [1.54, 1.807) is 6.07 Å². The molecule has 10 heteroatoms. The number of hydrogen-bond donors (Lipinski definition) is 1. The van der Waals surface area contributed by atoms with E-state index in [0.717, 1.165) is 31.4 Å². The second kappa shape index (κ2) is 9.91. The number of anilines is 1. The molecule has 3 rings (SSSR count). The van der Waals surface area contributed by atoms with Gasteiger partial charge in [-0.25, -0.2) is 8.42 Å². The predicted octanol–water partition coefficient (Wildman–Crippen LogP) is 4.46. The summed E-state index contributed by atoms with van der Waals surface area (Å²) < 4.78 is 70.6. The molecule has 1 saturated heterocycles. The van der Waals surface area contributed by atoms with Gasteiger partial charge in [0.2, 0.25) is 15.9 Å². The third-order valence-electron chi connectivity index (χ3n) is 5.32. The highest BCUT2D eigenvalue weighted by atomic mass is 32.2. The zero-order valence-electron chi connectivity index (χ0n) is 17.6. The van der Waals surface area contributed by atoms with Crippen LogP contribution < -0.4 is 10.1 Å². The average Bonchev–Trinajstić information content (AvgIpc) is 2.77. The zero-order chi connectivity index (χ0) is 23.4. The minimum atomic E-state index is -4.45. The van der Waals surface area contributed by atoms with Crippen LogP contribution in [0.2, 0.25) is 0 Å². The van der Waals surface area contributed by atoms with Gasteiger partial charge in [-0.15, -0.1) is 0 Å². The number of sulfonamides is 1. The van der Waals surface area contributed by atoms with Crippen molar-refractivity contribution >= 4 is 21.6 Å². The molecule has 0 radical (unpaired) electrons. The van der Waals surface area contributed by atoms with Gasteiger partial charge >= 0.3 is 6.18 Å². The van der Waals surface area contributed by atoms with Crippen LogP contribution in [0.15, 0.2) is 47.4 Å². The highest BCUT2D eigenvalue weighted by Gasteiger charge is 2.30. The molecule has 2 aromatic carbocycles. The van der Waals surface area contributed by atoms with E-state index in [-0.39, 0.29) is 23.4 Å². The lowest BCUT2D eigenvalue weighted by molar-refractivity contribution is -0.137. The second-order valence-electron chi connectivity index (χ2n) is 7.56. The van der Waals surface area contributed by atoms with Crippen LogP contribution in [0.3, 0.4) is 0 Å². The van der Waals surface area contributed by atoms with Crippen LogP contribution in [0.5, 0.6) is 5.75 Å². The van der Waals surface area contributed by atoms with Gasteiger partial charge in [0, 0.05) is 25.2 Å². The van der Waals surface area contributed by atoms with Crippen LogP contribution in [0, 0.1) is 0 Å². The molecule has 0 bridgehead atoms. The SMILES string of the molecule is COc1ccc(S(=O)(=O)N2CCCCC2)cc1CCC(=O)Nc1ccc(C(F)(F)F)cc1. The smallest absolute Gasteiger partial charge is 0.416 e. The van der Waals surface area contributed by atoms with Crippen LogP contribution in [0.4, 0.5) is 18.9 Å². The van der Waals surface area contributed by atoms with Gasteiger partial charge in [-0.3, -0.25) is 4.79 Å². The quantitative estimate of drug-likeness (QED) is 0.648. The number of aryl methyl sites for hydroxylation is 1. The van der Waals surface area contributed by atoms with Crippen LogP contribution in [-0.2, 0) is 27.4 Å². The van der Waals surface area contributed by atoms with E-state index in [4.69, 9.17) is 4.74 Å². The number of amides is 1. The minimum absolute atomic E-state index is 0.00456. The number of methoxy groups -OCH3 is 1. The summed E-state index contributed by atoms with van der Waals surface area (Å²) in [4.78, 5) is 12.4. The Morgan fingerprint density at radius 2 is 1.72 bits per heavy atom. The number of ether oxygens (including phenoxy) is 1. The monoisotopic (exact) mass is 470 g/mol. The maximum Gasteiger partial charge on any atom is 0.416 e. The predicted molar refractivity (Wildman–Crippen MR) is 114 cm³/mol. The summed E-state index contributed by atoms with van der Waals surface area (Å²) in [6, 6.07) is 8.75. The Morgan fingerprint density at radius 3 is 2.31 bits per heavy atom. The molecule has 0 unspecified atom stereocenters. The average molecular weight is 471 g/mol. The maximum atomic E-state index is 12.9. The van der Waals surface area contributed by atoms with Crippen molar-refractivity contribution in [1.82, 2.24) is 4.31 Å². The van der Waals surface area contributed by atoms with Crippen molar-refractivity contribution in [3.8, 4) is 5.75 Å². The summed E-state index contributed by atoms with van der Waals surface area (Å²) in [5.74, 6) is 0.0565. The molecule has 0 aliphatic carbocycles. The summed E-state index contributed by atoms with van der Waals surface area (Å²) in [7, 11) is -2.17. The third kappa shape index (κ3) is 5.80. The molecular weight excluding hydrogens is 445 g/mol. The van der Waals surface area contributed by atoms with Crippen molar-refractivity contribution in [3.05, 3.63) is 53.6 Å². The second-order valence-corrected chi connectivity index (χ2v) is 9.50. The van der Waals surface area contributed by atoms with Crippen molar-refractivity contribution in [2.75, 3.05) is 25.5 Å². The molecule has 174 valence electrons. The fourth-order valence-corrected chi connectivity index (χ4v) is 5.15. The fourth-order valence-electron chi connectivity index (χ4n) is 3.58. The standard InChI is InChI=1S/C22H25F3N2O4S/c1-31-20-11-10-19(32(29,30)27-13-3-2-4-14-27)15-16(20)5-12-21(28)26-18-8-6-17(7-9-18)22(23,24)25/h6-11,15H,2-5,12-14H2,1H3,(H,26,28). The summed E-state index contributed by atoms with van der Waals surface area (Å²) in [5, 5.41) is 2.55. The van der Waals surface area contributed by atoms with Crippen molar-refractivity contribution in [2.24, 2.45) is 0 Å². The highest BCUT2D eigenvalue weighted by Crippen LogP contribution is 2.30. The third-order valence-corrected chi connectivity index (χ3v) is 7.22. The summed E-state index contributed by atoms with van der Waals surface area (Å²) in [5.41, 5.74) is 0.0107. The maximum absolute atomic E-state index is 12.9. The zero-order valence-corrected chi connectivity index (χ0v) is 18.4. The first-order chi connectivity index (χ1) is 15.1. The fraction of sp³-hybridized carbons (Fsp3) is 0.409. The van der Waals surface area contributed by atoms with Gasteiger partial charge in [0.25, 0.3) is 0 Å². The van der Waals surface area contributed by atoms with E-state index in [1.807, 2.05) is 0 Å². The number of nitrogens with zero attached hydrogens (tertiary/aromatic N) is 1. The molecule has 0 aromatic heterocycles. The molecule has 0 spiro atoms. The number of piperidine rings is 1. The molecule has 1 fully saturated rings. The van der Waals surface area contributed by atoms with Crippen molar-refractivity contribution in [1.29, 1.82) is 0 Å². The van der Waals surface area contributed by atoms with Gasteiger partial charge < -0.3 is 10.1 Å². The van der Waals surface area contributed by atoms with Gasteiger partial charge in [-0.05, 0) is 67.3 Å². The minimum Gasteiger partial charge on any atom is -0.496 e. The first-order valence-corrected chi connectivity index (χ1v) is 11.7. The Bertz CT molecular complexity index is 1050. The molecule has 1 N–H and O–H groups in total. The Morgan fingerprint density at radius 1 is 1.06 bits per heavy atom. The largest absolute Gasteiger partial charge is 0.496 e. The van der Waals surface area contributed by atoms with E-state index in [1.165, 1.54) is 35.7 Å². The number of nitrogens with one attached hydrogen (secondary N) is 1. The van der Waals surface area contributed by atoms with Crippen molar-refractivity contribution in [3.63, 3.8) is 0 Å². The van der Waals surface area contributed by atoms with Gasteiger partial charge in [-0.1, -0.05) is 6.42 Å². The number of benzene rings is 2. The summed E-state index contributed by atoms with van der Waals surface area (Å²) >= 11 is 0. The lowest BCUT2D eigenvalue weighted by Gasteiger charge is -2.26. The Balaban J connectivity index is 1.68. The molecule has 6 nitrogen and oxygen atoms in total. The Kier molecular flexibility index (Phi) is 7.45. The Labute approximate surface area is 185 Å². The summed E-state index contributed by atoms with van der Waals surface area (Å²) in [6.07, 6.45) is -1.57. The normalized spacial score (nSPS) is 15.4. The number of carbonyl (C=O) groups is 1. The topological polar surface area (TPSA) is 75.7 Å². The molecule has 1 aliphatic rings. The van der Waals surface area contributed by atoms with E-state index in [9.17, 15) is 26.4 Å². The first-order valence-electron chi connectivity index (χ1n) is 10.3.